The Bertz CT molecular complexity index is 763. The van der Waals surface area contributed by atoms with Crippen molar-refractivity contribution in [1.29, 1.82) is 0 Å². The number of urea groups is 1. The van der Waals surface area contributed by atoms with Gasteiger partial charge in [-0.25, -0.2) is 4.79 Å². The lowest BCUT2D eigenvalue weighted by atomic mass is 10.1. The van der Waals surface area contributed by atoms with Crippen molar-refractivity contribution >= 4 is 29.0 Å². The average molecular weight is 387 g/mol. The standard InChI is InChI=1S/C20H26N4O2S/c1-15-12-16(2)14-17(13-15)22-20(26)24-9-7-23(8-10-24)6-5-21-19(25)18-4-3-11-27-18/h3-4,11-14H,5-10H2,1-2H3,(H,21,25)(H,22,26). The van der Waals surface area contributed by atoms with Crippen molar-refractivity contribution in [3.05, 3.63) is 51.7 Å². The Morgan fingerprint density at radius 2 is 1.78 bits per heavy atom. The second-order valence-electron chi connectivity index (χ2n) is 6.87. The molecule has 1 aliphatic heterocycles. The SMILES string of the molecule is Cc1cc(C)cc(NC(=O)N2CCN(CCNC(=O)c3cccs3)CC2)c1. The highest BCUT2D eigenvalue weighted by molar-refractivity contribution is 7.12. The number of hydrogen-bond donors (Lipinski definition) is 2. The molecule has 2 aromatic rings. The predicted molar refractivity (Wildman–Crippen MR) is 110 cm³/mol. The Labute approximate surface area is 164 Å². The van der Waals surface area contributed by atoms with Gasteiger partial charge >= 0.3 is 6.03 Å². The fourth-order valence-electron chi connectivity index (χ4n) is 3.25. The van der Waals surface area contributed by atoms with Gasteiger partial charge in [-0.2, -0.15) is 0 Å². The van der Waals surface area contributed by atoms with Crippen LogP contribution in [-0.4, -0.2) is 61.0 Å². The van der Waals surface area contributed by atoms with E-state index in [9.17, 15) is 9.59 Å². The maximum absolute atomic E-state index is 12.5. The second-order valence-corrected chi connectivity index (χ2v) is 7.82. The Morgan fingerprint density at radius 3 is 2.41 bits per heavy atom. The maximum atomic E-state index is 12.5. The molecule has 27 heavy (non-hydrogen) atoms. The molecule has 1 aliphatic rings. The van der Waals surface area contributed by atoms with Crippen LogP contribution in [0, 0.1) is 13.8 Å². The molecule has 7 heteroatoms. The van der Waals surface area contributed by atoms with Crippen LogP contribution in [0.15, 0.2) is 35.7 Å². The summed E-state index contributed by atoms with van der Waals surface area (Å²) in [6.45, 7) is 8.47. The lowest BCUT2D eigenvalue weighted by Gasteiger charge is -2.34. The molecule has 1 saturated heterocycles. The number of nitrogens with one attached hydrogen (secondary N) is 2. The first-order chi connectivity index (χ1) is 13.0. The lowest BCUT2D eigenvalue weighted by Crippen LogP contribution is -2.51. The van der Waals surface area contributed by atoms with Crippen molar-refractivity contribution in [1.82, 2.24) is 15.1 Å². The van der Waals surface area contributed by atoms with E-state index >= 15 is 0 Å². The summed E-state index contributed by atoms with van der Waals surface area (Å²) in [6, 6.07) is 9.71. The summed E-state index contributed by atoms with van der Waals surface area (Å²) in [4.78, 5) is 29.3. The van der Waals surface area contributed by atoms with E-state index in [1.165, 1.54) is 11.3 Å². The van der Waals surface area contributed by atoms with Gasteiger partial charge in [0.05, 0.1) is 4.88 Å². The molecule has 144 valence electrons. The number of nitrogens with zero attached hydrogens (tertiary/aromatic N) is 2. The molecule has 3 amide bonds. The smallest absolute Gasteiger partial charge is 0.321 e. The molecule has 1 aromatic heterocycles. The third-order valence-corrected chi connectivity index (χ3v) is 5.46. The molecule has 0 aliphatic carbocycles. The van der Waals surface area contributed by atoms with E-state index in [1.54, 1.807) is 0 Å². The van der Waals surface area contributed by atoms with Gasteiger partial charge in [0.1, 0.15) is 0 Å². The van der Waals surface area contributed by atoms with Crippen molar-refractivity contribution in [3.8, 4) is 0 Å². The van der Waals surface area contributed by atoms with Crippen LogP contribution < -0.4 is 10.6 Å². The minimum Gasteiger partial charge on any atom is -0.350 e. The Balaban J connectivity index is 1.39. The van der Waals surface area contributed by atoms with Crippen LogP contribution in [0.25, 0.3) is 0 Å². The first-order valence-corrected chi connectivity index (χ1v) is 10.1. The van der Waals surface area contributed by atoms with Gasteiger partial charge in [0.15, 0.2) is 0 Å². The van der Waals surface area contributed by atoms with Gasteiger partial charge in [0.2, 0.25) is 0 Å². The summed E-state index contributed by atoms with van der Waals surface area (Å²) in [5.41, 5.74) is 3.12. The molecule has 3 rings (SSSR count). The van der Waals surface area contributed by atoms with Crippen LogP contribution in [-0.2, 0) is 0 Å². The monoisotopic (exact) mass is 386 g/mol. The minimum absolute atomic E-state index is 0.0172. The lowest BCUT2D eigenvalue weighted by molar-refractivity contribution is 0.0946. The predicted octanol–water partition coefficient (Wildman–Crippen LogP) is 2.94. The van der Waals surface area contributed by atoms with Crippen LogP contribution in [0.1, 0.15) is 20.8 Å². The number of benzene rings is 1. The minimum atomic E-state index is -0.0503. The zero-order valence-corrected chi connectivity index (χ0v) is 16.6. The number of amides is 3. The van der Waals surface area contributed by atoms with Gasteiger partial charge in [-0.1, -0.05) is 12.1 Å². The van der Waals surface area contributed by atoms with Crippen LogP contribution >= 0.6 is 11.3 Å². The van der Waals surface area contributed by atoms with E-state index in [4.69, 9.17) is 0 Å². The van der Waals surface area contributed by atoms with E-state index in [2.05, 4.69) is 21.6 Å². The molecule has 0 atom stereocenters. The fourth-order valence-corrected chi connectivity index (χ4v) is 3.89. The normalized spacial score (nSPS) is 14.8. The molecule has 1 fully saturated rings. The van der Waals surface area contributed by atoms with E-state index in [1.807, 2.05) is 48.4 Å². The Morgan fingerprint density at radius 1 is 1.07 bits per heavy atom. The van der Waals surface area contributed by atoms with Crippen molar-refractivity contribution in [3.63, 3.8) is 0 Å². The number of aryl methyl sites for hydroxylation is 2. The number of carbonyl (C=O) groups excluding carboxylic acids is 2. The number of hydrogen-bond acceptors (Lipinski definition) is 4. The third kappa shape index (κ3) is 5.55. The largest absolute Gasteiger partial charge is 0.350 e. The molecule has 0 saturated carbocycles. The molecule has 2 N–H and O–H groups in total. The van der Waals surface area contributed by atoms with Crippen LogP contribution in [0.3, 0.4) is 0 Å². The molecule has 0 spiro atoms. The Hall–Kier alpha value is -2.38. The first kappa shape index (κ1) is 19.4. The van der Waals surface area contributed by atoms with Gasteiger partial charge in [-0.05, 0) is 48.6 Å². The van der Waals surface area contributed by atoms with Crippen molar-refractivity contribution in [2.24, 2.45) is 0 Å². The summed E-state index contributed by atoms with van der Waals surface area (Å²) in [5, 5.41) is 7.84. The zero-order chi connectivity index (χ0) is 19.2. The highest BCUT2D eigenvalue weighted by atomic mass is 32.1. The molecule has 0 unspecified atom stereocenters. The number of rotatable bonds is 5. The summed E-state index contributed by atoms with van der Waals surface area (Å²) < 4.78 is 0. The molecule has 0 bridgehead atoms. The second kappa shape index (κ2) is 9.01. The summed E-state index contributed by atoms with van der Waals surface area (Å²) in [7, 11) is 0. The molecule has 0 radical (unpaired) electrons. The van der Waals surface area contributed by atoms with Gasteiger partial charge in [0, 0.05) is 45.0 Å². The molecular weight excluding hydrogens is 360 g/mol. The van der Waals surface area contributed by atoms with E-state index in [0.717, 1.165) is 41.3 Å². The van der Waals surface area contributed by atoms with Gasteiger partial charge in [0.25, 0.3) is 5.91 Å². The van der Waals surface area contributed by atoms with Gasteiger partial charge < -0.3 is 15.5 Å². The number of anilines is 1. The van der Waals surface area contributed by atoms with Gasteiger partial charge in [-0.15, -0.1) is 11.3 Å². The highest BCUT2D eigenvalue weighted by Gasteiger charge is 2.21. The summed E-state index contributed by atoms with van der Waals surface area (Å²) in [6.07, 6.45) is 0. The van der Waals surface area contributed by atoms with Gasteiger partial charge in [-0.3, -0.25) is 9.69 Å². The highest BCUT2D eigenvalue weighted by Crippen LogP contribution is 2.15. The Kier molecular flexibility index (Phi) is 6.47. The summed E-state index contributed by atoms with van der Waals surface area (Å²) in [5.74, 6) is -0.0172. The number of piperazine rings is 1. The van der Waals surface area contributed by atoms with E-state index in [-0.39, 0.29) is 11.9 Å². The number of carbonyl (C=O) groups is 2. The van der Waals surface area contributed by atoms with Crippen LogP contribution in [0.4, 0.5) is 10.5 Å². The quantitative estimate of drug-likeness (QED) is 0.830. The fraction of sp³-hybridized carbons (Fsp3) is 0.400. The van der Waals surface area contributed by atoms with E-state index in [0.29, 0.717) is 19.6 Å². The molecular formula is C20H26N4O2S. The maximum Gasteiger partial charge on any atom is 0.321 e. The molecule has 1 aromatic carbocycles. The number of thiophene rings is 1. The van der Waals surface area contributed by atoms with Crippen LogP contribution in [0.5, 0.6) is 0 Å². The zero-order valence-electron chi connectivity index (χ0n) is 15.8. The topological polar surface area (TPSA) is 64.7 Å². The molecule has 6 nitrogen and oxygen atoms in total. The summed E-state index contributed by atoms with van der Waals surface area (Å²) >= 11 is 1.45. The van der Waals surface area contributed by atoms with E-state index < -0.39 is 0 Å². The van der Waals surface area contributed by atoms with Crippen molar-refractivity contribution < 1.29 is 9.59 Å². The molecule has 2 heterocycles. The van der Waals surface area contributed by atoms with Crippen molar-refractivity contribution in [2.75, 3.05) is 44.6 Å². The first-order valence-electron chi connectivity index (χ1n) is 9.19. The van der Waals surface area contributed by atoms with Crippen molar-refractivity contribution in [2.45, 2.75) is 13.8 Å². The van der Waals surface area contributed by atoms with Crippen LogP contribution in [0.2, 0.25) is 0 Å². The average Bonchev–Trinajstić information content (AvgIpc) is 3.16. The third-order valence-electron chi connectivity index (χ3n) is 4.59.